The molecule has 2 aromatic rings. The molecule has 0 saturated heterocycles. The number of ether oxygens (including phenoxy) is 1. The summed E-state index contributed by atoms with van der Waals surface area (Å²) in [4.78, 5) is 11.4. The summed E-state index contributed by atoms with van der Waals surface area (Å²) in [5, 5.41) is 5.02. The van der Waals surface area contributed by atoms with Gasteiger partial charge in [-0.15, -0.1) is 0 Å². The molecule has 0 aliphatic rings. The van der Waals surface area contributed by atoms with Crippen molar-refractivity contribution in [2.24, 2.45) is 7.05 Å². The highest BCUT2D eigenvalue weighted by atomic mass is 16.5. The standard InChI is InChI=1S/C10H10N2O2/c1-12-9-7(6-11-12)4-3-5-8(9)10(13)14-2/h3-6H,1-2H3. The lowest BCUT2D eigenvalue weighted by atomic mass is 10.1. The zero-order chi connectivity index (χ0) is 10.1. The first-order chi connectivity index (χ1) is 6.74. The molecule has 72 valence electrons. The van der Waals surface area contributed by atoms with Crippen LogP contribution in [0.4, 0.5) is 0 Å². The monoisotopic (exact) mass is 190 g/mol. The lowest BCUT2D eigenvalue weighted by molar-refractivity contribution is 0.0602. The molecule has 0 aliphatic heterocycles. The Morgan fingerprint density at radius 2 is 2.29 bits per heavy atom. The number of methoxy groups -OCH3 is 1. The third kappa shape index (κ3) is 1.16. The number of fused-ring (bicyclic) bond motifs is 1. The third-order valence-electron chi connectivity index (χ3n) is 2.17. The number of nitrogens with zero attached hydrogens (tertiary/aromatic N) is 2. The highest BCUT2D eigenvalue weighted by molar-refractivity contribution is 6.02. The minimum Gasteiger partial charge on any atom is -0.465 e. The Labute approximate surface area is 81.1 Å². The summed E-state index contributed by atoms with van der Waals surface area (Å²) in [6, 6.07) is 5.46. The van der Waals surface area contributed by atoms with Gasteiger partial charge in [0.25, 0.3) is 0 Å². The predicted octanol–water partition coefficient (Wildman–Crippen LogP) is 1.36. The average molecular weight is 190 g/mol. The van der Waals surface area contributed by atoms with E-state index in [0.29, 0.717) is 5.56 Å². The number of aromatic nitrogens is 2. The molecule has 0 spiro atoms. The highest BCUT2D eigenvalue weighted by Crippen LogP contribution is 2.18. The summed E-state index contributed by atoms with van der Waals surface area (Å²) < 4.78 is 6.36. The van der Waals surface area contributed by atoms with E-state index in [2.05, 4.69) is 9.84 Å². The quantitative estimate of drug-likeness (QED) is 0.638. The van der Waals surface area contributed by atoms with Gasteiger partial charge in [-0.05, 0) is 6.07 Å². The fourth-order valence-electron chi connectivity index (χ4n) is 1.51. The first kappa shape index (κ1) is 8.74. The second-order valence-electron chi connectivity index (χ2n) is 3.00. The van der Waals surface area contributed by atoms with Crippen molar-refractivity contribution in [2.45, 2.75) is 0 Å². The van der Waals surface area contributed by atoms with Crippen molar-refractivity contribution in [3.63, 3.8) is 0 Å². The number of rotatable bonds is 1. The highest BCUT2D eigenvalue weighted by Gasteiger charge is 2.12. The summed E-state index contributed by atoms with van der Waals surface area (Å²) in [5.74, 6) is -0.334. The molecule has 0 saturated carbocycles. The SMILES string of the molecule is COC(=O)c1cccc2cnn(C)c12. The Morgan fingerprint density at radius 1 is 1.50 bits per heavy atom. The van der Waals surface area contributed by atoms with Gasteiger partial charge in [-0.2, -0.15) is 5.10 Å². The van der Waals surface area contributed by atoms with E-state index < -0.39 is 0 Å². The second-order valence-corrected chi connectivity index (χ2v) is 3.00. The molecule has 4 heteroatoms. The van der Waals surface area contributed by atoms with E-state index in [1.54, 1.807) is 24.0 Å². The summed E-state index contributed by atoms with van der Waals surface area (Å²) in [5.41, 5.74) is 1.35. The van der Waals surface area contributed by atoms with Gasteiger partial charge < -0.3 is 4.74 Å². The molecule has 0 amide bonds. The molecule has 4 nitrogen and oxygen atoms in total. The van der Waals surface area contributed by atoms with Crippen LogP contribution in [0.5, 0.6) is 0 Å². The molecule has 0 N–H and O–H groups in total. The van der Waals surface area contributed by atoms with Crippen LogP contribution in [0.25, 0.3) is 10.9 Å². The molecule has 0 aliphatic carbocycles. The molecule has 1 heterocycles. The fourth-order valence-corrected chi connectivity index (χ4v) is 1.51. The molecule has 0 bridgehead atoms. The number of hydrogen-bond donors (Lipinski definition) is 0. The summed E-state index contributed by atoms with van der Waals surface area (Å²) in [6.45, 7) is 0. The normalized spacial score (nSPS) is 10.4. The average Bonchev–Trinajstić information content (AvgIpc) is 2.59. The zero-order valence-electron chi connectivity index (χ0n) is 8.02. The van der Waals surface area contributed by atoms with Crippen LogP contribution in [0, 0.1) is 0 Å². The van der Waals surface area contributed by atoms with E-state index in [1.807, 2.05) is 12.1 Å². The van der Waals surface area contributed by atoms with Crippen LogP contribution in [0.3, 0.4) is 0 Å². The van der Waals surface area contributed by atoms with E-state index in [4.69, 9.17) is 0 Å². The van der Waals surface area contributed by atoms with Gasteiger partial charge in [-0.1, -0.05) is 12.1 Å². The fraction of sp³-hybridized carbons (Fsp3) is 0.200. The first-order valence-corrected chi connectivity index (χ1v) is 4.23. The number of carbonyl (C=O) groups excluding carboxylic acids is 1. The van der Waals surface area contributed by atoms with Crippen LogP contribution >= 0.6 is 0 Å². The summed E-state index contributed by atoms with van der Waals surface area (Å²) >= 11 is 0. The zero-order valence-corrected chi connectivity index (χ0v) is 8.02. The van der Waals surface area contributed by atoms with Gasteiger partial charge in [-0.25, -0.2) is 4.79 Å². The largest absolute Gasteiger partial charge is 0.465 e. The number of aryl methyl sites for hydroxylation is 1. The summed E-state index contributed by atoms with van der Waals surface area (Å²) in [6.07, 6.45) is 1.72. The van der Waals surface area contributed by atoms with Crippen molar-refractivity contribution in [1.82, 2.24) is 9.78 Å². The van der Waals surface area contributed by atoms with Crippen LogP contribution in [0.1, 0.15) is 10.4 Å². The van der Waals surface area contributed by atoms with Crippen molar-refractivity contribution >= 4 is 16.9 Å². The van der Waals surface area contributed by atoms with Gasteiger partial charge >= 0.3 is 5.97 Å². The Balaban J connectivity index is 2.75. The molecule has 1 aromatic carbocycles. The number of hydrogen-bond acceptors (Lipinski definition) is 3. The Bertz CT molecular complexity index is 488. The van der Waals surface area contributed by atoms with E-state index in [0.717, 1.165) is 10.9 Å². The van der Waals surface area contributed by atoms with Gasteiger partial charge in [0, 0.05) is 12.4 Å². The third-order valence-corrected chi connectivity index (χ3v) is 2.17. The van der Waals surface area contributed by atoms with Crippen LogP contribution in [0.2, 0.25) is 0 Å². The van der Waals surface area contributed by atoms with Crippen molar-refractivity contribution in [3.8, 4) is 0 Å². The van der Waals surface area contributed by atoms with Gasteiger partial charge in [-0.3, -0.25) is 4.68 Å². The van der Waals surface area contributed by atoms with Crippen LogP contribution < -0.4 is 0 Å². The van der Waals surface area contributed by atoms with Crippen molar-refractivity contribution in [3.05, 3.63) is 30.0 Å². The van der Waals surface area contributed by atoms with Gasteiger partial charge in [0.05, 0.1) is 24.4 Å². The summed E-state index contributed by atoms with van der Waals surface area (Å²) in [7, 11) is 3.17. The topological polar surface area (TPSA) is 44.1 Å². The molecular formula is C10H10N2O2. The molecule has 14 heavy (non-hydrogen) atoms. The number of para-hydroxylation sites is 1. The second kappa shape index (κ2) is 3.14. The maximum atomic E-state index is 11.4. The Morgan fingerprint density at radius 3 is 3.00 bits per heavy atom. The lowest BCUT2D eigenvalue weighted by Gasteiger charge is -2.02. The van der Waals surface area contributed by atoms with Crippen molar-refractivity contribution < 1.29 is 9.53 Å². The lowest BCUT2D eigenvalue weighted by Crippen LogP contribution is -2.04. The molecule has 0 unspecified atom stereocenters. The van der Waals surface area contributed by atoms with Gasteiger partial charge in [0.15, 0.2) is 0 Å². The maximum Gasteiger partial charge on any atom is 0.340 e. The van der Waals surface area contributed by atoms with Crippen LogP contribution in [-0.4, -0.2) is 22.9 Å². The first-order valence-electron chi connectivity index (χ1n) is 4.23. The maximum absolute atomic E-state index is 11.4. The minimum atomic E-state index is -0.334. The van der Waals surface area contributed by atoms with Crippen LogP contribution in [0.15, 0.2) is 24.4 Å². The Hall–Kier alpha value is -1.84. The van der Waals surface area contributed by atoms with Gasteiger partial charge in [0.2, 0.25) is 0 Å². The number of benzene rings is 1. The van der Waals surface area contributed by atoms with E-state index in [1.165, 1.54) is 7.11 Å². The van der Waals surface area contributed by atoms with E-state index in [9.17, 15) is 4.79 Å². The van der Waals surface area contributed by atoms with Crippen molar-refractivity contribution in [2.75, 3.05) is 7.11 Å². The molecular weight excluding hydrogens is 180 g/mol. The molecule has 0 atom stereocenters. The minimum absolute atomic E-state index is 0.334. The van der Waals surface area contributed by atoms with E-state index >= 15 is 0 Å². The molecule has 0 radical (unpaired) electrons. The number of esters is 1. The molecule has 1 aromatic heterocycles. The van der Waals surface area contributed by atoms with Crippen LogP contribution in [-0.2, 0) is 11.8 Å². The Kier molecular flexibility index (Phi) is 1.96. The molecule has 0 fully saturated rings. The van der Waals surface area contributed by atoms with Crippen molar-refractivity contribution in [1.29, 1.82) is 0 Å². The smallest absolute Gasteiger partial charge is 0.340 e. The molecule has 2 rings (SSSR count). The van der Waals surface area contributed by atoms with E-state index in [-0.39, 0.29) is 5.97 Å². The van der Waals surface area contributed by atoms with Gasteiger partial charge in [0.1, 0.15) is 0 Å². The number of carbonyl (C=O) groups is 1. The predicted molar refractivity (Wildman–Crippen MR) is 52.1 cm³/mol.